The molecule has 2 aromatic rings. The minimum atomic E-state index is -4.97. The Morgan fingerprint density at radius 3 is 2.40 bits per heavy atom. The van der Waals surface area contributed by atoms with Crippen molar-refractivity contribution in [3.05, 3.63) is 52.1 Å². The van der Waals surface area contributed by atoms with E-state index in [4.69, 9.17) is 9.47 Å². The van der Waals surface area contributed by atoms with E-state index in [-0.39, 0.29) is 11.1 Å². The summed E-state index contributed by atoms with van der Waals surface area (Å²) in [5.74, 6) is 0.854. The van der Waals surface area contributed by atoms with E-state index < -0.39 is 29.7 Å². The van der Waals surface area contributed by atoms with Gasteiger partial charge in [0.05, 0.1) is 5.25 Å². The van der Waals surface area contributed by atoms with Gasteiger partial charge in [0.15, 0.2) is 0 Å². The van der Waals surface area contributed by atoms with Gasteiger partial charge >= 0.3 is 7.75 Å². The molecule has 2 atom stereocenters. The summed E-state index contributed by atoms with van der Waals surface area (Å²) in [7, 11) is -4.97. The first-order chi connectivity index (χ1) is 16.3. The van der Waals surface area contributed by atoms with Gasteiger partial charge in [-0.2, -0.15) is 4.67 Å². The van der Waals surface area contributed by atoms with Gasteiger partial charge in [0.25, 0.3) is 11.1 Å². The van der Waals surface area contributed by atoms with Gasteiger partial charge in [0, 0.05) is 5.56 Å². The Morgan fingerprint density at radius 2 is 1.80 bits per heavy atom. The summed E-state index contributed by atoms with van der Waals surface area (Å²) in [6.07, 6.45) is 1.66. The molecule has 0 aromatic heterocycles. The lowest BCUT2D eigenvalue weighted by Crippen LogP contribution is -2.42. The van der Waals surface area contributed by atoms with Crippen molar-refractivity contribution in [1.82, 2.24) is 4.67 Å². The van der Waals surface area contributed by atoms with E-state index in [1.165, 1.54) is 0 Å². The van der Waals surface area contributed by atoms with Gasteiger partial charge in [-0.3, -0.25) is 9.59 Å². The summed E-state index contributed by atoms with van der Waals surface area (Å²) in [6, 6.07) is 7.01. The minimum Gasteiger partial charge on any atom is -0.507 e. The van der Waals surface area contributed by atoms with Crippen LogP contribution in [-0.4, -0.2) is 48.2 Å². The van der Waals surface area contributed by atoms with Crippen LogP contribution in [-0.2, 0) is 22.2 Å². The van der Waals surface area contributed by atoms with Crippen molar-refractivity contribution in [2.75, 3.05) is 6.61 Å². The zero-order valence-electron chi connectivity index (χ0n) is 19.9. The Morgan fingerprint density at radius 1 is 1.14 bits per heavy atom. The van der Waals surface area contributed by atoms with Crippen molar-refractivity contribution in [3.8, 4) is 17.2 Å². The Labute approximate surface area is 207 Å². The van der Waals surface area contributed by atoms with Crippen molar-refractivity contribution in [2.24, 2.45) is 0 Å². The number of fused-ring (bicyclic) bond motifs is 1. The molecule has 188 valence electrons. The maximum atomic E-state index is 12.3. The van der Waals surface area contributed by atoms with Gasteiger partial charge in [-0.05, 0) is 81.3 Å². The summed E-state index contributed by atoms with van der Waals surface area (Å²) in [6.45, 7) is 8.03. The molecule has 0 saturated carbocycles. The van der Waals surface area contributed by atoms with Gasteiger partial charge in [-0.15, -0.1) is 0 Å². The van der Waals surface area contributed by atoms with Crippen molar-refractivity contribution in [1.29, 1.82) is 0 Å². The van der Waals surface area contributed by atoms with Crippen LogP contribution in [0.25, 0.3) is 0 Å². The fraction of sp³-hybridized carbons (Fsp3) is 0.417. The van der Waals surface area contributed by atoms with E-state index in [1.54, 1.807) is 24.3 Å². The number of benzene rings is 2. The molecule has 2 unspecified atom stereocenters. The van der Waals surface area contributed by atoms with E-state index in [0.717, 1.165) is 46.4 Å². The molecule has 2 aliphatic heterocycles. The molecule has 2 amide bonds. The average Bonchev–Trinajstić information content (AvgIpc) is 3.08. The second kappa shape index (κ2) is 9.17. The smallest absolute Gasteiger partial charge is 0.439 e. The van der Waals surface area contributed by atoms with Gasteiger partial charge in [0.2, 0.25) is 0 Å². The summed E-state index contributed by atoms with van der Waals surface area (Å²) < 4.78 is 23.8. The second-order valence-electron chi connectivity index (χ2n) is 9.26. The molecule has 1 fully saturated rings. The third-order valence-electron chi connectivity index (χ3n) is 6.64. The number of ether oxygens (including phenoxy) is 2. The monoisotopic (exact) mass is 521 g/mol. The number of phenolic OH excluding ortho intramolecular Hbond substituents is 1. The van der Waals surface area contributed by atoms with Crippen LogP contribution in [0.3, 0.4) is 0 Å². The standard InChI is InChI=1S/C24H28NO8PS/c1-13-14(2)21-18(15(3)20(13)26)9-10-24(4,33-21)12-32-17-7-5-16(6-8-17)11-19-22(27)25(23(28)35-19)34(29,30)31/h5-8,19,26H,9-12H2,1-4H3,(H2,29,30,31). The Kier molecular flexibility index (Phi) is 6.70. The molecule has 3 N–H and O–H groups in total. The summed E-state index contributed by atoms with van der Waals surface area (Å²) >= 11 is 0.616. The lowest BCUT2D eigenvalue weighted by molar-refractivity contribution is -0.123. The quantitative estimate of drug-likeness (QED) is 0.479. The first-order valence-corrected chi connectivity index (χ1v) is 13.6. The highest BCUT2D eigenvalue weighted by Gasteiger charge is 2.48. The molecular weight excluding hydrogens is 493 g/mol. The molecule has 11 heteroatoms. The minimum absolute atomic E-state index is 0.0366. The van der Waals surface area contributed by atoms with Gasteiger partial charge in [0.1, 0.15) is 29.5 Å². The van der Waals surface area contributed by atoms with Crippen LogP contribution in [0.15, 0.2) is 24.3 Å². The maximum absolute atomic E-state index is 12.3. The van der Waals surface area contributed by atoms with Crippen molar-refractivity contribution in [3.63, 3.8) is 0 Å². The topological polar surface area (TPSA) is 134 Å². The van der Waals surface area contributed by atoms with E-state index in [1.807, 2.05) is 27.7 Å². The SMILES string of the molecule is Cc1c(C)c2c(c(C)c1O)CCC(C)(COc1ccc(CC3SC(=O)N(P(=O)(O)O)C3=O)cc1)O2. The number of thioether (sulfide) groups is 1. The summed E-state index contributed by atoms with van der Waals surface area (Å²) in [5, 5.41) is 8.54. The van der Waals surface area contributed by atoms with Crippen molar-refractivity contribution < 1.29 is 38.5 Å². The van der Waals surface area contributed by atoms with Gasteiger partial charge in [-0.1, -0.05) is 23.9 Å². The van der Waals surface area contributed by atoms with Crippen LogP contribution >= 0.6 is 19.5 Å². The highest BCUT2D eigenvalue weighted by Crippen LogP contribution is 2.48. The number of amides is 2. The largest absolute Gasteiger partial charge is 0.507 e. The van der Waals surface area contributed by atoms with E-state index in [2.05, 4.69) is 0 Å². The zero-order valence-corrected chi connectivity index (χ0v) is 21.6. The molecule has 9 nitrogen and oxygen atoms in total. The number of hydrogen-bond donors (Lipinski definition) is 3. The van der Waals surface area contributed by atoms with Crippen molar-refractivity contribution in [2.45, 2.75) is 57.8 Å². The number of imide groups is 1. The molecule has 0 spiro atoms. The van der Waals surface area contributed by atoms with Crippen LogP contribution < -0.4 is 9.47 Å². The fourth-order valence-electron chi connectivity index (χ4n) is 4.38. The van der Waals surface area contributed by atoms with Crippen LogP contribution in [0.2, 0.25) is 0 Å². The highest BCUT2D eigenvalue weighted by atomic mass is 32.2. The van der Waals surface area contributed by atoms with Crippen molar-refractivity contribution >= 4 is 30.7 Å². The Bertz CT molecular complexity index is 1240. The maximum Gasteiger partial charge on any atom is 0.439 e. The van der Waals surface area contributed by atoms with Gasteiger partial charge in [-0.25, -0.2) is 4.57 Å². The molecule has 35 heavy (non-hydrogen) atoms. The van der Waals surface area contributed by atoms with Crippen LogP contribution in [0.4, 0.5) is 4.79 Å². The third kappa shape index (κ3) is 4.93. The molecule has 2 heterocycles. The molecule has 4 rings (SSSR count). The lowest BCUT2D eigenvalue weighted by Gasteiger charge is -2.37. The normalized spacial score (nSPS) is 22.2. The average molecular weight is 522 g/mol. The predicted octanol–water partition coefficient (Wildman–Crippen LogP) is 4.18. The number of carbonyl (C=O) groups is 2. The van der Waals surface area contributed by atoms with E-state index in [0.29, 0.717) is 29.9 Å². The molecule has 2 aromatic carbocycles. The van der Waals surface area contributed by atoms with E-state index in [9.17, 15) is 29.0 Å². The van der Waals surface area contributed by atoms with Crippen LogP contribution in [0.5, 0.6) is 17.2 Å². The number of nitrogens with zero attached hydrogens (tertiary/aromatic N) is 1. The summed E-state index contributed by atoms with van der Waals surface area (Å²) in [5.41, 5.74) is 3.80. The Hall–Kier alpha value is -2.52. The third-order valence-corrected chi connectivity index (χ3v) is 8.71. The molecule has 0 bridgehead atoms. The number of hydrogen-bond acceptors (Lipinski definition) is 7. The van der Waals surface area contributed by atoms with E-state index >= 15 is 0 Å². The molecule has 0 aliphatic carbocycles. The van der Waals surface area contributed by atoms with Crippen LogP contribution in [0.1, 0.15) is 41.2 Å². The molecule has 2 aliphatic rings. The van der Waals surface area contributed by atoms with Gasteiger partial charge < -0.3 is 24.4 Å². The highest BCUT2D eigenvalue weighted by molar-refractivity contribution is 8.15. The number of carbonyl (C=O) groups excluding carboxylic acids is 2. The zero-order chi connectivity index (χ0) is 25.7. The Balaban J connectivity index is 1.39. The fourth-order valence-corrected chi connectivity index (χ4v) is 6.44. The molecular formula is C24H28NO8PS. The van der Waals surface area contributed by atoms with Crippen LogP contribution in [0, 0.1) is 20.8 Å². The summed E-state index contributed by atoms with van der Waals surface area (Å²) in [4.78, 5) is 42.5. The molecule has 1 saturated heterocycles. The lowest BCUT2D eigenvalue weighted by atomic mass is 9.87. The molecule has 0 radical (unpaired) electrons. The first kappa shape index (κ1) is 25.6. The number of rotatable bonds is 6. The first-order valence-electron chi connectivity index (χ1n) is 11.1. The number of phenols is 1. The number of aromatic hydroxyl groups is 1. The second-order valence-corrected chi connectivity index (χ2v) is 11.8. The predicted molar refractivity (Wildman–Crippen MR) is 131 cm³/mol.